The van der Waals surface area contributed by atoms with Crippen LogP contribution in [0, 0.1) is 5.82 Å². The Balaban J connectivity index is 2.05. The molecule has 1 N–H and O–H groups in total. The molecule has 2 aromatic rings. The molecular formula is C15H11Cl3FNO2. The van der Waals surface area contributed by atoms with E-state index < -0.39 is 17.8 Å². The van der Waals surface area contributed by atoms with Crippen molar-refractivity contribution in [3.63, 3.8) is 0 Å². The molecule has 7 heteroatoms. The predicted octanol–water partition coefficient (Wildman–Crippen LogP) is 5.19. The summed E-state index contributed by atoms with van der Waals surface area (Å²) in [4.78, 5) is 12.1. The van der Waals surface area contributed by atoms with Crippen LogP contribution in [-0.2, 0) is 4.79 Å². The van der Waals surface area contributed by atoms with Crippen molar-refractivity contribution in [2.75, 3.05) is 5.32 Å². The number of halogens is 4. The van der Waals surface area contributed by atoms with Gasteiger partial charge in [0.25, 0.3) is 5.91 Å². The van der Waals surface area contributed by atoms with Crippen molar-refractivity contribution in [1.82, 2.24) is 0 Å². The van der Waals surface area contributed by atoms with Gasteiger partial charge >= 0.3 is 0 Å². The van der Waals surface area contributed by atoms with Crippen LogP contribution in [0.15, 0.2) is 36.4 Å². The van der Waals surface area contributed by atoms with Gasteiger partial charge in [-0.3, -0.25) is 4.79 Å². The fraction of sp³-hybridized carbons (Fsp3) is 0.133. The van der Waals surface area contributed by atoms with Crippen LogP contribution in [0.3, 0.4) is 0 Å². The quantitative estimate of drug-likeness (QED) is 0.812. The zero-order chi connectivity index (χ0) is 16.3. The van der Waals surface area contributed by atoms with Gasteiger partial charge in [-0.2, -0.15) is 0 Å². The number of anilines is 1. The van der Waals surface area contributed by atoms with Crippen LogP contribution < -0.4 is 10.1 Å². The van der Waals surface area contributed by atoms with E-state index in [1.165, 1.54) is 18.2 Å². The summed E-state index contributed by atoms with van der Waals surface area (Å²) in [6.45, 7) is 1.55. The molecule has 0 fully saturated rings. The largest absolute Gasteiger partial charge is 0.479 e. The third-order valence-electron chi connectivity index (χ3n) is 2.76. The van der Waals surface area contributed by atoms with Crippen LogP contribution >= 0.6 is 34.8 Å². The van der Waals surface area contributed by atoms with Crippen molar-refractivity contribution < 1.29 is 13.9 Å². The molecule has 0 bridgehead atoms. The van der Waals surface area contributed by atoms with Crippen molar-refractivity contribution >= 4 is 46.4 Å². The van der Waals surface area contributed by atoms with Gasteiger partial charge in [0.1, 0.15) is 11.6 Å². The maximum Gasteiger partial charge on any atom is 0.265 e. The van der Waals surface area contributed by atoms with E-state index in [2.05, 4.69) is 5.32 Å². The van der Waals surface area contributed by atoms with Gasteiger partial charge in [0.05, 0.1) is 15.7 Å². The van der Waals surface area contributed by atoms with E-state index in [-0.39, 0.29) is 5.02 Å². The average molecular weight is 363 g/mol. The molecule has 0 aliphatic carbocycles. The van der Waals surface area contributed by atoms with Crippen molar-refractivity contribution in [3.05, 3.63) is 57.3 Å². The zero-order valence-electron chi connectivity index (χ0n) is 11.4. The molecule has 1 unspecified atom stereocenters. The smallest absolute Gasteiger partial charge is 0.265 e. The Bertz CT molecular complexity index is 709. The minimum atomic E-state index is -0.834. The highest BCUT2D eigenvalue weighted by molar-refractivity contribution is 6.35. The highest BCUT2D eigenvalue weighted by Crippen LogP contribution is 2.29. The number of ether oxygens (including phenoxy) is 1. The summed E-state index contributed by atoms with van der Waals surface area (Å²) in [5.74, 6) is -0.598. The third kappa shape index (κ3) is 4.26. The second-order valence-corrected chi connectivity index (χ2v) is 5.70. The fourth-order valence-corrected chi connectivity index (χ4v) is 2.31. The number of rotatable bonds is 4. The normalized spacial score (nSPS) is 11.9. The average Bonchev–Trinajstić information content (AvgIpc) is 2.44. The molecule has 0 radical (unpaired) electrons. The number of nitrogens with one attached hydrogen (secondary N) is 1. The molecule has 3 nitrogen and oxygen atoms in total. The second kappa shape index (κ2) is 7.18. The summed E-state index contributed by atoms with van der Waals surface area (Å²) >= 11 is 17.6. The van der Waals surface area contributed by atoms with Gasteiger partial charge in [0.15, 0.2) is 6.10 Å². The molecule has 22 heavy (non-hydrogen) atoms. The van der Waals surface area contributed by atoms with Gasteiger partial charge in [-0.15, -0.1) is 0 Å². The lowest BCUT2D eigenvalue weighted by Crippen LogP contribution is -2.30. The Morgan fingerprint density at radius 2 is 1.86 bits per heavy atom. The second-order valence-electron chi connectivity index (χ2n) is 4.45. The van der Waals surface area contributed by atoms with E-state index >= 15 is 0 Å². The van der Waals surface area contributed by atoms with Gasteiger partial charge in [-0.25, -0.2) is 4.39 Å². The summed E-state index contributed by atoms with van der Waals surface area (Å²) in [5, 5.41) is 3.42. The van der Waals surface area contributed by atoms with Crippen molar-refractivity contribution in [2.45, 2.75) is 13.0 Å². The van der Waals surface area contributed by atoms with E-state index in [0.717, 1.165) is 6.07 Å². The SMILES string of the molecule is CC(Oc1ccc(Cl)cc1Cl)C(=O)Nc1ccc(F)cc1Cl. The van der Waals surface area contributed by atoms with Crippen molar-refractivity contribution in [3.8, 4) is 5.75 Å². The molecule has 0 saturated carbocycles. The number of hydrogen-bond donors (Lipinski definition) is 1. The lowest BCUT2D eigenvalue weighted by molar-refractivity contribution is -0.122. The fourth-order valence-electron chi connectivity index (χ4n) is 1.64. The summed E-state index contributed by atoms with van der Waals surface area (Å²) in [5.41, 5.74) is 0.297. The first-order valence-electron chi connectivity index (χ1n) is 6.24. The van der Waals surface area contributed by atoms with Crippen LogP contribution in [0.2, 0.25) is 15.1 Å². The molecule has 1 amide bonds. The molecule has 0 aliphatic heterocycles. The van der Waals surface area contributed by atoms with Crippen LogP contribution in [0.4, 0.5) is 10.1 Å². The summed E-state index contributed by atoms with van der Waals surface area (Å²) in [6.07, 6.45) is -0.834. The number of carbonyl (C=O) groups excluding carboxylic acids is 1. The predicted molar refractivity (Wildman–Crippen MR) is 86.6 cm³/mol. The number of carbonyl (C=O) groups is 1. The van der Waals surface area contributed by atoms with Crippen LogP contribution in [0.25, 0.3) is 0 Å². The first-order chi connectivity index (χ1) is 10.4. The molecule has 2 rings (SSSR count). The number of amides is 1. The summed E-state index contributed by atoms with van der Waals surface area (Å²) in [7, 11) is 0. The topological polar surface area (TPSA) is 38.3 Å². The molecule has 0 saturated heterocycles. The van der Waals surface area contributed by atoms with Gasteiger partial charge in [0.2, 0.25) is 0 Å². The highest BCUT2D eigenvalue weighted by Gasteiger charge is 2.17. The molecule has 2 aromatic carbocycles. The van der Waals surface area contributed by atoms with E-state index in [9.17, 15) is 9.18 Å². The van der Waals surface area contributed by atoms with Crippen LogP contribution in [0.5, 0.6) is 5.75 Å². The molecule has 0 heterocycles. The van der Waals surface area contributed by atoms with Crippen molar-refractivity contribution in [2.24, 2.45) is 0 Å². The molecule has 0 aliphatic rings. The molecule has 0 aromatic heterocycles. The van der Waals surface area contributed by atoms with Crippen molar-refractivity contribution in [1.29, 1.82) is 0 Å². The van der Waals surface area contributed by atoms with E-state index in [1.54, 1.807) is 19.1 Å². The van der Waals surface area contributed by atoms with Gasteiger partial charge < -0.3 is 10.1 Å². The Morgan fingerprint density at radius 3 is 2.50 bits per heavy atom. The standard InChI is InChI=1S/C15H11Cl3FNO2/c1-8(22-14-5-2-9(16)6-12(14)18)15(21)20-13-4-3-10(19)7-11(13)17/h2-8H,1H3,(H,20,21). The minimum Gasteiger partial charge on any atom is -0.479 e. The first kappa shape index (κ1) is 16.9. The maximum absolute atomic E-state index is 13.0. The Labute approximate surface area is 141 Å². The van der Waals surface area contributed by atoms with Crippen LogP contribution in [0.1, 0.15) is 6.92 Å². The number of hydrogen-bond acceptors (Lipinski definition) is 2. The molecule has 0 spiro atoms. The van der Waals surface area contributed by atoms with E-state index in [4.69, 9.17) is 39.5 Å². The molecule has 116 valence electrons. The lowest BCUT2D eigenvalue weighted by Gasteiger charge is -2.16. The third-order valence-corrected chi connectivity index (χ3v) is 3.60. The van der Waals surface area contributed by atoms with E-state index in [0.29, 0.717) is 21.5 Å². The number of benzene rings is 2. The van der Waals surface area contributed by atoms with Gasteiger partial charge in [0, 0.05) is 5.02 Å². The summed E-state index contributed by atoms with van der Waals surface area (Å²) in [6, 6.07) is 8.36. The van der Waals surface area contributed by atoms with E-state index in [1.807, 2.05) is 0 Å². The monoisotopic (exact) mass is 361 g/mol. The summed E-state index contributed by atoms with van der Waals surface area (Å²) < 4.78 is 18.4. The first-order valence-corrected chi connectivity index (χ1v) is 7.38. The highest BCUT2D eigenvalue weighted by atomic mass is 35.5. The minimum absolute atomic E-state index is 0.102. The van der Waals surface area contributed by atoms with Gasteiger partial charge in [-0.05, 0) is 43.3 Å². The molecular weight excluding hydrogens is 352 g/mol. The zero-order valence-corrected chi connectivity index (χ0v) is 13.6. The Morgan fingerprint density at radius 1 is 1.14 bits per heavy atom. The Kier molecular flexibility index (Phi) is 5.51. The van der Waals surface area contributed by atoms with Crippen LogP contribution in [-0.4, -0.2) is 12.0 Å². The van der Waals surface area contributed by atoms with Gasteiger partial charge in [-0.1, -0.05) is 34.8 Å². The Hall–Kier alpha value is -1.49. The lowest BCUT2D eigenvalue weighted by atomic mass is 10.3. The molecule has 1 atom stereocenters. The maximum atomic E-state index is 13.0.